The van der Waals surface area contributed by atoms with Crippen LogP contribution in [0.4, 0.5) is 0 Å². The molecule has 0 aromatic carbocycles. The highest BCUT2D eigenvalue weighted by Crippen LogP contribution is 2.43. The van der Waals surface area contributed by atoms with Crippen LogP contribution in [0.25, 0.3) is 0 Å². The van der Waals surface area contributed by atoms with Crippen molar-refractivity contribution in [3.63, 3.8) is 0 Å². The predicted molar refractivity (Wildman–Crippen MR) is 127 cm³/mol. The zero-order valence-corrected chi connectivity index (χ0v) is 21.5. The van der Waals surface area contributed by atoms with Gasteiger partial charge >= 0.3 is 7.82 Å². The van der Waals surface area contributed by atoms with Crippen molar-refractivity contribution in [2.24, 2.45) is 0 Å². The van der Waals surface area contributed by atoms with E-state index in [0.717, 1.165) is 25.7 Å². The van der Waals surface area contributed by atoms with Crippen LogP contribution in [0.5, 0.6) is 0 Å². The van der Waals surface area contributed by atoms with E-state index in [4.69, 9.17) is 18.5 Å². The molecule has 0 saturated heterocycles. The molecule has 0 fully saturated rings. The van der Waals surface area contributed by atoms with Crippen molar-refractivity contribution in [1.29, 1.82) is 0 Å². The molecule has 0 aromatic heterocycles. The Hall–Kier alpha value is -0.790. The minimum atomic E-state index is -4.09. The molecule has 2 atom stereocenters. The molecule has 0 aromatic rings. The Balaban J connectivity index is 4.10. The number of phosphoric acid groups is 1. The van der Waals surface area contributed by atoms with Gasteiger partial charge in [0.2, 0.25) is 0 Å². The van der Waals surface area contributed by atoms with E-state index in [9.17, 15) is 9.46 Å². The summed E-state index contributed by atoms with van der Waals surface area (Å²) in [5, 5.41) is 0. The van der Waals surface area contributed by atoms with Crippen LogP contribution in [0.3, 0.4) is 0 Å². The van der Waals surface area contributed by atoms with Crippen LogP contribution in [0.15, 0.2) is 34.9 Å². The molecule has 0 aliphatic carbocycles. The van der Waals surface area contributed by atoms with Crippen molar-refractivity contribution >= 4 is 7.82 Å². The number of nitrogens with zero attached hydrogens (tertiary/aromatic N) is 1. The van der Waals surface area contributed by atoms with Gasteiger partial charge in [-0.15, -0.1) is 0 Å². The van der Waals surface area contributed by atoms with Crippen molar-refractivity contribution in [2.75, 3.05) is 54.2 Å². The fourth-order valence-electron chi connectivity index (χ4n) is 2.48. The standard InChI is InChI=1S/C23H44NO6P/c1-20(2)10-8-11-21(3)12-9-13-22(4)14-16-28-18-23(27-7)19-30-31(25,26)29-17-15-24(5)6/h10,12,14,23H,8-9,11,13,15-19H2,1-7H3,(H,25,26). The van der Waals surface area contributed by atoms with Crippen LogP contribution in [-0.2, 0) is 23.1 Å². The lowest BCUT2D eigenvalue weighted by Gasteiger charge is -2.18. The molecule has 0 bridgehead atoms. The van der Waals surface area contributed by atoms with E-state index in [1.807, 2.05) is 19.0 Å². The molecule has 2 unspecified atom stereocenters. The van der Waals surface area contributed by atoms with Crippen LogP contribution in [0.1, 0.15) is 53.4 Å². The molecule has 7 nitrogen and oxygen atoms in total. The third-order valence-electron chi connectivity index (χ3n) is 4.53. The summed E-state index contributed by atoms with van der Waals surface area (Å²) in [5.74, 6) is 0. The van der Waals surface area contributed by atoms with Crippen molar-refractivity contribution < 1.29 is 28.0 Å². The summed E-state index contributed by atoms with van der Waals surface area (Å²) in [6.45, 7) is 9.84. The smallest absolute Gasteiger partial charge is 0.377 e. The number of ether oxygens (including phenoxy) is 2. The first-order chi connectivity index (χ1) is 14.6. The lowest BCUT2D eigenvalue weighted by atomic mass is 10.1. The number of phosphoric ester groups is 1. The molecular weight excluding hydrogens is 417 g/mol. The van der Waals surface area contributed by atoms with Gasteiger partial charge in [0.15, 0.2) is 0 Å². The molecule has 8 heteroatoms. The van der Waals surface area contributed by atoms with E-state index in [-0.39, 0.29) is 19.8 Å². The molecule has 182 valence electrons. The molecule has 0 radical (unpaired) electrons. The number of likely N-dealkylation sites (N-methyl/N-ethyl adjacent to an activating group) is 1. The Morgan fingerprint density at radius 3 is 2.16 bits per heavy atom. The Kier molecular flexibility index (Phi) is 17.3. The minimum absolute atomic E-state index is 0.0776. The molecular formula is C23H44NO6P. The first kappa shape index (κ1) is 30.2. The average Bonchev–Trinajstić information content (AvgIpc) is 2.66. The van der Waals surface area contributed by atoms with E-state index in [2.05, 4.69) is 45.9 Å². The number of methoxy groups -OCH3 is 1. The Morgan fingerprint density at radius 1 is 0.968 bits per heavy atom. The third-order valence-corrected chi connectivity index (χ3v) is 5.51. The van der Waals surface area contributed by atoms with Gasteiger partial charge < -0.3 is 19.3 Å². The fourth-order valence-corrected chi connectivity index (χ4v) is 3.22. The topological polar surface area (TPSA) is 77.5 Å². The van der Waals surface area contributed by atoms with Gasteiger partial charge in [-0.05, 0) is 67.5 Å². The molecule has 0 aliphatic rings. The Morgan fingerprint density at radius 2 is 1.58 bits per heavy atom. The van der Waals surface area contributed by atoms with Crippen molar-refractivity contribution in [1.82, 2.24) is 4.90 Å². The maximum absolute atomic E-state index is 11.9. The Labute approximate surface area is 189 Å². The van der Waals surface area contributed by atoms with Gasteiger partial charge in [-0.25, -0.2) is 4.57 Å². The van der Waals surface area contributed by atoms with Gasteiger partial charge in [0.1, 0.15) is 6.10 Å². The predicted octanol–water partition coefficient (Wildman–Crippen LogP) is 5.13. The van der Waals surface area contributed by atoms with Crippen LogP contribution in [0, 0.1) is 0 Å². The maximum atomic E-state index is 11.9. The summed E-state index contributed by atoms with van der Waals surface area (Å²) >= 11 is 0. The summed E-state index contributed by atoms with van der Waals surface area (Å²) in [6.07, 6.45) is 10.4. The average molecular weight is 462 g/mol. The molecule has 0 spiro atoms. The summed E-state index contributed by atoms with van der Waals surface area (Å²) in [6, 6.07) is 0. The second kappa shape index (κ2) is 17.7. The lowest BCUT2D eigenvalue weighted by Crippen LogP contribution is -2.24. The summed E-state index contributed by atoms with van der Waals surface area (Å²) < 4.78 is 32.6. The molecule has 0 amide bonds. The number of rotatable bonds is 18. The Bertz CT molecular complexity index is 611. The number of allylic oxidation sites excluding steroid dienone is 5. The van der Waals surface area contributed by atoms with Gasteiger partial charge in [0.25, 0.3) is 0 Å². The van der Waals surface area contributed by atoms with E-state index in [0.29, 0.717) is 13.2 Å². The molecule has 1 N–H and O–H groups in total. The third kappa shape index (κ3) is 19.6. The SMILES string of the molecule is COC(COCC=C(C)CCC=C(C)CCC=C(C)C)COP(=O)(O)OCCN(C)C. The summed E-state index contributed by atoms with van der Waals surface area (Å²) in [7, 11) is 1.13. The van der Waals surface area contributed by atoms with Crippen molar-refractivity contribution in [3.05, 3.63) is 34.9 Å². The molecule has 0 heterocycles. The molecule has 31 heavy (non-hydrogen) atoms. The largest absolute Gasteiger partial charge is 0.472 e. The molecule has 0 aliphatic heterocycles. The highest BCUT2D eigenvalue weighted by molar-refractivity contribution is 7.47. The summed E-state index contributed by atoms with van der Waals surface area (Å²) in [5.41, 5.74) is 4.07. The van der Waals surface area contributed by atoms with E-state index < -0.39 is 13.9 Å². The monoisotopic (exact) mass is 461 g/mol. The molecule has 0 saturated carbocycles. The van der Waals surface area contributed by atoms with Gasteiger partial charge in [-0.1, -0.05) is 34.9 Å². The van der Waals surface area contributed by atoms with E-state index in [1.165, 1.54) is 23.8 Å². The van der Waals surface area contributed by atoms with Crippen molar-refractivity contribution in [2.45, 2.75) is 59.5 Å². The quantitative estimate of drug-likeness (QED) is 0.172. The number of hydrogen-bond donors (Lipinski definition) is 1. The van der Waals surface area contributed by atoms with E-state index >= 15 is 0 Å². The highest BCUT2D eigenvalue weighted by atomic mass is 31.2. The lowest BCUT2D eigenvalue weighted by molar-refractivity contribution is -0.0156. The second-order valence-corrected chi connectivity index (χ2v) is 9.71. The summed E-state index contributed by atoms with van der Waals surface area (Å²) in [4.78, 5) is 11.5. The van der Waals surface area contributed by atoms with Gasteiger partial charge in [0, 0.05) is 13.7 Å². The normalized spacial score (nSPS) is 15.8. The highest BCUT2D eigenvalue weighted by Gasteiger charge is 2.23. The van der Waals surface area contributed by atoms with Crippen molar-refractivity contribution in [3.8, 4) is 0 Å². The zero-order valence-electron chi connectivity index (χ0n) is 20.6. The van der Waals surface area contributed by atoms with Crippen LogP contribution >= 0.6 is 7.82 Å². The second-order valence-electron chi connectivity index (χ2n) is 8.26. The first-order valence-electron chi connectivity index (χ1n) is 10.9. The minimum Gasteiger partial charge on any atom is -0.377 e. The van der Waals surface area contributed by atoms with E-state index in [1.54, 1.807) is 0 Å². The maximum Gasteiger partial charge on any atom is 0.472 e. The fraction of sp³-hybridized carbons (Fsp3) is 0.739. The van der Waals surface area contributed by atoms with Crippen LogP contribution in [0.2, 0.25) is 0 Å². The number of hydrogen-bond acceptors (Lipinski definition) is 6. The van der Waals surface area contributed by atoms with Gasteiger partial charge in [-0.2, -0.15) is 0 Å². The molecule has 0 rings (SSSR count). The van der Waals surface area contributed by atoms with Gasteiger partial charge in [-0.3, -0.25) is 9.05 Å². The first-order valence-corrected chi connectivity index (χ1v) is 12.4. The van der Waals surface area contributed by atoms with Crippen LogP contribution in [-0.4, -0.2) is 70.1 Å². The van der Waals surface area contributed by atoms with Crippen LogP contribution < -0.4 is 0 Å². The van der Waals surface area contributed by atoms with Gasteiger partial charge in [0.05, 0.1) is 26.4 Å². The zero-order chi connectivity index (χ0) is 23.7.